The first-order chi connectivity index (χ1) is 4.75. The second kappa shape index (κ2) is 3.16. The molecule has 0 heterocycles. The lowest BCUT2D eigenvalue weighted by Crippen LogP contribution is -2.36. The van der Waals surface area contributed by atoms with E-state index < -0.39 is 0 Å². The van der Waals surface area contributed by atoms with Crippen molar-refractivity contribution >= 4 is 0 Å². The molecule has 0 nitrogen and oxygen atoms in total. The predicted octanol–water partition coefficient (Wildman–Crippen LogP) is 4.10. The van der Waals surface area contributed by atoms with Gasteiger partial charge in [-0.05, 0) is 23.2 Å². The molecule has 1 atom stereocenters. The van der Waals surface area contributed by atoms with Crippen molar-refractivity contribution in [1.82, 2.24) is 0 Å². The Kier molecular flexibility index (Phi) is 3.16. The van der Waals surface area contributed by atoms with Crippen LogP contribution in [-0.2, 0) is 0 Å². The zero-order valence-corrected chi connectivity index (χ0v) is 9.28. The van der Waals surface area contributed by atoms with Crippen LogP contribution < -0.4 is 0 Å². The Morgan fingerprint density at radius 2 is 1.36 bits per heavy atom. The van der Waals surface area contributed by atoms with Crippen LogP contribution in [0.25, 0.3) is 0 Å². The van der Waals surface area contributed by atoms with E-state index in [1.165, 1.54) is 6.42 Å². The lowest BCUT2D eigenvalue weighted by atomic mass is 9.60. The molecule has 11 heavy (non-hydrogen) atoms. The molecule has 0 radical (unpaired) electrons. The van der Waals surface area contributed by atoms with E-state index in [1.54, 1.807) is 0 Å². The Labute approximate surface area is 72.4 Å². The SMILES string of the molecule is CCC(C)(C(C)C)C(C)(C)C. The number of hydrogen-bond acceptors (Lipinski definition) is 0. The van der Waals surface area contributed by atoms with Crippen molar-refractivity contribution in [3.63, 3.8) is 0 Å². The highest BCUT2D eigenvalue weighted by Gasteiger charge is 2.38. The quantitative estimate of drug-likeness (QED) is 0.564. The van der Waals surface area contributed by atoms with Crippen molar-refractivity contribution in [2.75, 3.05) is 0 Å². The fraction of sp³-hybridized carbons (Fsp3) is 1.00. The Bertz CT molecular complexity index is 116. The van der Waals surface area contributed by atoms with Crippen LogP contribution in [0.15, 0.2) is 0 Å². The molecular weight excluding hydrogens is 132 g/mol. The van der Waals surface area contributed by atoms with E-state index >= 15 is 0 Å². The summed E-state index contributed by atoms with van der Waals surface area (Å²) in [4.78, 5) is 0. The maximum atomic E-state index is 2.40. The van der Waals surface area contributed by atoms with E-state index in [2.05, 4.69) is 48.5 Å². The third-order valence-electron chi connectivity index (χ3n) is 3.72. The molecule has 68 valence electrons. The van der Waals surface area contributed by atoms with E-state index in [1.807, 2.05) is 0 Å². The summed E-state index contributed by atoms with van der Waals surface area (Å²) in [6.07, 6.45) is 1.27. The molecule has 0 amide bonds. The van der Waals surface area contributed by atoms with Gasteiger partial charge in [-0.3, -0.25) is 0 Å². The van der Waals surface area contributed by atoms with Crippen LogP contribution in [0.4, 0.5) is 0 Å². The van der Waals surface area contributed by atoms with Crippen LogP contribution in [0.3, 0.4) is 0 Å². The smallest absolute Gasteiger partial charge is 0.0257 e. The summed E-state index contributed by atoms with van der Waals surface area (Å²) in [6.45, 7) is 16.4. The number of hydrogen-bond donors (Lipinski definition) is 0. The van der Waals surface area contributed by atoms with Crippen molar-refractivity contribution < 1.29 is 0 Å². The van der Waals surface area contributed by atoms with Crippen molar-refractivity contribution in [3.8, 4) is 0 Å². The van der Waals surface area contributed by atoms with Crippen LogP contribution in [0.5, 0.6) is 0 Å². The standard InChI is InChI=1S/C11H24/c1-8-11(7,9(2)3)10(4,5)6/h9H,8H2,1-7H3. The van der Waals surface area contributed by atoms with E-state index in [0.717, 1.165) is 5.92 Å². The lowest BCUT2D eigenvalue weighted by molar-refractivity contribution is 0.0471. The topological polar surface area (TPSA) is 0 Å². The molecule has 0 rings (SSSR count). The highest BCUT2D eigenvalue weighted by Crippen LogP contribution is 2.46. The Morgan fingerprint density at radius 1 is 1.00 bits per heavy atom. The Balaban J connectivity index is 4.61. The van der Waals surface area contributed by atoms with E-state index in [-0.39, 0.29) is 0 Å². The molecule has 0 aliphatic heterocycles. The average molecular weight is 156 g/mol. The van der Waals surface area contributed by atoms with Gasteiger partial charge in [-0.15, -0.1) is 0 Å². The van der Waals surface area contributed by atoms with E-state index in [0.29, 0.717) is 10.8 Å². The van der Waals surface area contributed by atoms with Crippen LogP contribution in [0.2, 0.25) is 0 Å². The fourth-order valence-corrected chi connectivity index (χ4v) is 1.80. The maximum absolute atomic E-state index is 2.40. The van der Waals surface area contributed by atoms with Crippen molar-refractivity contribution in [1.29, 1.82) is 0 Å². The first kappa shape index (κ1) is 11.0. The minimum atomic E-state index is 0.427. The van der Waals surface area contributed by atoms with Gasteiger partial charge in [0.25, 0.3) is 0 Å². The Morgan fingerprint density at radius 3 is 1.36 bits per heavy atom. The van der Waals surface area contributed by atoms with Crippen LogP contribution in [-0.4, -0.2) is 0 Å². The van der Waals surface area contributed by atoms with E-state index in [4.69, 9.17) is 0 Å². The third-order valence-corrected chi connectivity index (χ3v) is 3.72. The number of rotatable bonds is 2. The van der Waals surface area contributed by atoms with Gasteiger partial charge in [0.2, 0.25) is 0 Å². The van der Waals surface area contributed by atoms with E-state index in [9.17, 15) is 0 Å². The molecule has 0 saturated carbocycles. The van der Waals surface area contributed by atoms with Crippen molar-refractivity contribution in [3.05, 3.63) is 0 Å². The molecule has 0 aromatic carbocycles. The van der Waals surface area contributed by atoms with Gasteiger partial charge in [-0.25, -0.2) is 0 Å². The highest BCUT2D eigenvalue weighted by atomic mass is 14.4. The third kappa shape index (κ3) is 1.98. The lowest BCUT2D eigenvalue weighted by Gasteiger charge is -2.45. The van der Waals surface area contributed by atoms with Gasteiger partial charge >= 0.3 is 0 Å². The summed E-state index contributed by atoms with van der Waals surface area (Å²) >= 11 is 0. The monoisotopic (exact) mass is 156 g/mol. The summed E-state index contributed by atoms with van der Waals surface area (Å²) < 4.78 is 0. The molecule has 0 fully saturated rings. The molecule has 1 unspecified atom stereocenters. The van der Waals surface area contributed by atoms with Gasteiger partial charge in [0.15, 0.2) is 0 Å². The summed E-state index contributed by atoms with van der Waals surface area (Å²) in [5, 5.41) is 0. The second-order valence-corrected chi connectivity index (χ2v) is 5.18. The molecule has 0 spiro atoms. The van der Waals surface area contributed by atoms with Gasteiger partial charge in [0.1, 0.15) is 0 Å². The molecule has 0 aromatic heterocycles. The minimum Gasteiger partial charge on any atom is -0.0648 e. The largest absolute Gasteiger partial charge is 0.0648 e. The van der Waals surface area contributed by atoms with Crippen LogP contribution in [0.1, 0.15) is 54.9 Å². The zero-order valence-electron chi connectivity index (χ0n) is 9.28. The first-order valence-corrected chi connectivity index (χ1v) is 4.75. The molecule has 0 aliphatic rings. The molecule has 0 heteroatoms. The fourth-order valence-electron chi connectivity index (χ4n) is 1.80. The Hall–Kier alpha value is 0. The summed E-state index contributed by atoms with van der Waals surface area (Å²) in [5.74, 6) is 0.771. The van der Waals surface area contributed by atoms with Gasteiger partial charge < -0.3 is 0 Å². The molecule has 0 saturated heterocycles. The first-order valence-electron chi connectivity index (χ1n) is 4.75. The van der Waals surface area contributed by atoms with Crippen molar-refractivity contribution in [2.45, 2.75) is 54.9 Å². The predicted molar refractivity (Wildman–Crippen MR) is 52.7 cm³/mol. The maximum Gasteiger partial charge on any atom is -0.0257 e. The molecule has 0 aromatic rings. The normalized spacial score (nSPS) is 18.5. The molecule has 0 aliphatic carbocycles. The minimum absolute atomic E-state index is 0.427. The van der Waals surface area contributed by atoms with Gasteiger partial charge in [-0.1, -0.05) is 48.5 Å². The summed E-state index contributed by atoms with van der Waals surface area (Å²) in [6, 6.07) is 0. The zero-order chi connectivity index (χ0) is 9.28. The van der Waals surface area contributed by atoms with Crippen molar-refractivity contribution in [2.24, 2.45) is 16.7 Å². The summed E-state index contributed by atoms with van der Waals surface area (Å²) in [5.41, 5.74) is 0.906. The second-order valence-electron chi connectivity index (χ2n) is 5.18. The van der Waals surface area contributed by atoms with Gasteiger partial charge in [0.05, 0.1) is 0 Å². The van der Waals surface area contributed by atoms with Crippen LogP contribution in [0, 0.1) is 16.7 Å². The van der Waals surface area contributed by atoms with Crippen LogP contribution >= 0.6 is 0 Å². The molecular formula is C11H24. The summed E-state index contributed by atoms with van der Waals surface area (Å²) in [7, 11) is 0. The molecule has 0 N–H and O–H groups in total. The van der Waals surface area contributed by atoms with Gasteiger partial charge in [-0.2, -0.15) is 0 Å². The highest BCUT2D eigenvalue weighted by molar-refractivity contribution is 4.87. The molecule has 0 bridgehead atoms. The van der Waals surface area contributed by atoms with Gasteiger partial charge in [0, 0.05) is 0 Å². The average Bonchev–Trinajstić information content (AvgIpc) is 1.83.